The molecule has 76 valence electrons. The Morgan fingerprint density at radius 1 is 1.21 bits per heavy atom. The Kier molecular flexibility index (Phi) is 3.61. The molecule has 0 saturated heterocycles. The minimum Gasteiger partial charge on any atom is -0.272 e. The quantitative estimate of drug-likeness (QED) is 0.714. The molecule has 1 aromatic rings. The first-order chi connectivity index (χ1) is 6.53. The van der Waals surface area contributed by atoms with E-state index in [-0.39, 0.29) is 5.54 Å². The Labute approximate surface area is 88.4 Å². The second-order valence-corrected chi connectivity index (χ2v) is 4.73. The Balaban J connectivity index is 2.91. The van der Waals surface area contributed by atoms with E-state index in [1.807, 2.05) is 51.1 Å². The maximum atomic E-state index is 10.9. The lowest BCUT2D eigenvalue weighted by molar-refractivity contribution is 0.515. The monoisotopic (exact) mass is 209 g/mol. The molecule has 0 radical (unpaired) electrons. The molecule has 0 saturated carbocycles. The van der Waals surface area contributed by atoms with Crippen molar-refractivity contribution in [1.82, 2.24) is 5.32 Å². The molecular weight excluding hydrogens is 194 g/mol. The largest absolute Gasteiger partial charge is 0.272 e. The van der Waals surface area contributed by atoms with E-state index in [0.717, 1.165) is 5.56 Å². The fourth-order valence-electron chi connectivity index (χ4n) is 1.07. The third-order valence-corrected chi connectivity index (χ3v) is 2.11. The molecule has 0 heterocycles. The van der Waals surface area contributed by atoms with Crippen molar-refractivity contribution >= 4 is 16.2 Å². The van der Waals surface area contributed by atoms with Crippen LogP contribution in [0.4, 0.5) is 0 Å². The zero-order valence-corrected chi connectivity index (χ0v) is 9.52. The molecule has 0 aliphatic carbocycles. The molecule has 0 atom stereocenters. The molecule has 0 aliphatic heterocycles. The lowest BCUT2D eigenvalue weighted by atomic mass is 10.1. The van der Waals surface area contributed by atoms with Gasteiger partial charge in [-0.05, 0) is 20.8 Å². The van der Waals surface area contributed by atoms with Crippen molar-refractivity contribution in [2.24, 2.45) is 0 Å². The van der Waals surface area contributed by atoms with E-state index in [0.29, 0.717) is 16.2 Å². The summed E-state index contributed by atoms with van der Waals surface area (Å²) < 4.78 is 10.9. The average Bonchev–Trinajstić information content (AvgIpc) is 2.14. The van der Waals surface area contributed by atoms with Crippen molar-refractivity contribution in [3.8, 4) is 0 Å². The number of nitrogens with one attached hydrogen (secondary N) is 1. The molecule has 1 rings (SSSR count). The summed E-state index contributed by atoms with van der Waals surface area (Å²) in [7, 11) is 0. The van der Waals surface area contributed by atoms with Crippen molar-refractivity contribution in [3.63, 3.8) is 0 Å². The first-order valence-corrected chi connectivity index (χ1v) is 5.27. The summed E-state index contributed by atoms with van der Waals surface area (Å²) in [6, 6.07) is 9.65. The highest BCUT2D eigenvalue weighted by atomic mass is 32.1. The Morgan fingerprint density at radius 3 is 2.21 bits per heavy atom. The lowest BCUT2D eigenvalue weighted by Crippen LogP contribution is -2.41. The SMILES string of the molecule is CC(C)(C)NC(=S=O)c1ccccc1. The van der Waals surface area contributed by atoms with E-state index < -0.39 is 0 Å². The summed E-state index contributed by atoms with van der Waals surface area (Å²) in [6.45, 7) is 6.10. The van der Waals surface area contributed by atoms with Crippen LogP contribution in [0.1, 0.15) is 26.3 Å². The molecule has 0 fully saturated rings. The van der Waals surface area contributed by atoms with Crippen molar-refractivity contribution in [3.05, 3.63) is 35.9 Å². The predicted molar refractivity (Wildman–Crippen MR) is 61.6 cm³/mol. The van der Waals surface area contributed by atoms with Gasteiger partial charge in [-0.2, -0.15) is 0 Å². The van der Waals surface area contributed by atoms with Gasteiger partial charge in [0.1, 0.15) is 16.2 Å². The van der Waals surface area contributed by atoms with Gasteiger partial charge in [0.05, 0.1) is 0 Å². The zero-order valence-electron chi connectivity index (χ0n) is 8.70. The van der Waals surface area contributed by atoms with Gasteiger partial charge in [-0.3, -0.25) is 5.32 Å². The van der Waals surface area contributed by atoms with Crippen molar-refractivity contribution in [2.75, 3.05) is 0 Å². The van der Waals surface area contributed by atoms with Gasteiger partial charge in [0, 0.05) is 11.1 Å². The summed E-state index contributed by atoms with van der Waals surface area (Å²) in [6.07, 6.45) is 0. The minimum atomic E-state index is -0.0808. The van der Waals surface area contributed by atoms with E-state index in [4.69, 9.17) is 0 Å². The van der Waals surface area contributed by atoms with Gasteiger partial charge in [0.25, 0.3) is 0 Å². The Bertz CT molecular complexity index is 347. The van der Waals surface area contributed by atoms with Gasteiger partial charge in [-0.1, -0.05) is 30.3 Å². The van der Waals surface area contributed by atoms with Crippen LogP contribution in [-0.4, -0.2) is 14.7 Å². The first kappa shape index (κ1) is 11.1. The highest BCUT2D eigenvalue weighted by molar-refractivity contribution is 7.66. The van der Waals surface area contributed by atoms with Crippen LogP contribution in [0.3, 0.4) is 0 Å². The van der Waals surface area contributed by atoms with Crippen LogP contribution in [0.15, 0.2) is 30.3 Å². The second kappa shape index (κ2) is 4.53. The van der Waals surface area contributed by atoms with Crippen molar-refractivity contribution in [2.45, 2.75) is 26.3 Å². The van der Waals surface area contributed by atoms with E-state index in [2.05, 4.69) is 5.32 Å². The molecule has 3 heteroatoms. The smallest absolute Gasteiger partial charge is 0.117 e. The summed E-state index contributed by atoms with van der Waals surface area (Å²) in [5.74, 6) is 0. The second-order valence-electron chi connectivity index (χ2n) is 4.15. The van der Waals surface area contributed by atoms with Gasteiger partial charge in [0.2, 0.25) is 0 Å². The Morgan fingerprint density at radius 2 is 1.79 bits per heavy atom. The molecule has 1 N–H and O–H groups in total. The minimum absolute atomic E-state index is 0.0808. The fraction of sp³-hybridized carbons (Fsp3) is 0.364. The molecule has 1 aromatic carbocycles. The fourth-order valence-corrected chi connectivity index (χ4v) is 1.65. The van der Waals surface area contributed by atoms with Crippen molar-refractivity contribution in [1.29, 1.82) is 0 Å². The van der Waals surface area contributed by atoms with Crippen LogP contribution in [0, 0.1) is 0 Å². The maximum absolute atomic E-state index is 10.9. The van der Waals surface area contributed by atoms with E-state index in [1.165, 1.54) is 0 Å². The van der Waals surface area contributed by atoms with Gasteiger partial charge in [-0.15, -0.1) is 0 Å². The van der Waals surface area contributed by atoms with Gasteiger partial charge >= 0.3 is 0 Å². The molecule has 0 aromatic heterocycles. The Hall–Kier alpha value is -0.930. The average molecular weight is 209 g/mol. The topological polar surface area (TPSA) is 29.1 Å². The molecule has 0 bridgehead atoms. The summed E-state index contributed by atoms with van der Waals surface area (Å²) in [4.78, 5) is 0.679. The number of benzene rings is 1. The third-order valence-electron chi connectivity index (χ3n) is 1.61. The van der Waals surface area contributed by atoms with Gasteiger partial charge in [-0.25, -0.2) is 4.21 Å². The normalized spacial score (nSPS) is 11.1. The first-order valence-electron chi connectivity index (χ1n) is 4.53. The molecule has 2 nitrogen and oxygen atoms in total. The molecule has 0 unspecified atom stereocenters. The number of hydrogen-bond donors (Lipinski definition) is 1. The standard InChI is InChI=1S/C11H15NOS/c1-11(2,3)12-10(14-13)9-7-5-4-6-8-9/h4-8,12H,1-3H3. The summed E-state index contributed by atoms with van der Waals surface area (Å²) in [5, 5.41) is 3.19. The molecule has 0 spiro atoms. The zero-order chi connectivity index (χ0) is 10.6. The predicted octanol–water partition coefficient (Wildman–Crippen LogP) is 1.77. The van der Waals surface area contributed by atoms with Crippen LogP contribution in [0.25, 0.3) is 0 Å². The third kappa shape index (κ3) is 3.44. The van der Waals surface area contributed by atoms with Crippen LogP contribution in [-0.2, 0) is 11.3 Å². The summed E-state index contributed by atoms with van der Waals surface area (Å²) >= 11 is 0.505. The van der Waals surface area contributed by atoms with Gasteiger partial charge < -0.3 is 0 Å². The van der Waals surface area contributed by atoms with E-state index >= 15 is 0 Å². The molecule has 0 aliphatic rings. The van der Waals surface area contributed by atoms with Crippen molar-refractivity contribution < 1.29 is 4.21 Å². The number of hydrogen-bond acceptors (Lipinski definition) is 1. The van der Waals surface area contributed by atoms with E-state index in [1.54, 1.807) is 0 Å². The molecule has 0 amide bonds. The molecule has 14 heavy (non-hydrogen) atoms. The highest BCUT2D eigenvalue weighted by Crippen LogP contribution is 2.03. The van der Waals surface area contributed by atoms with E-state index in [9.17, 15) is 4.21 Å². The lowest BCUT2D eigenvalue weighted by Gasteiger charge is -2.20. The molecular formula is C11H15NOS. The van der Waals surface area contributed by atoms with Crippen LogP contribution < -0.4 is 5.32 Å². The van der Waals surface area contributed by atoms with Gasteiger partial charge in [0.15, 0.2) is 0 Å². The maximum Gasteiger partial charge on any atom is 0.117 e. The summed E-state index contributed by atoms with van der Waals surface area (Å²) in [5.41, 5.74) is 0.866. The highest BCUT2D eigenvalue weighted by Gasteiger charge is 2.13. The van der Waals surface area contributed by atoms with Crippen LogP contribution in [0.5, 0.6) is 0 Å². The van der Waals surface area contributed by atoms with Crippen LogP contribution in [0.2, 0.25) is 0 Å². The number of rotatable bonds is 1. The van der Waals surface area contributed by atoms with Crippen LogP contribution >= 0.6 is 0 Å².